The van der Waals surface area contributed by atoms with Gasteiger partial charge in [0.15, 0.2) is 0 Å². The number of nitrogens with zero attached hydrogens (tertiary/aromatic N) is 4. The molecule has 2 aliphatic rings. The van der Waals surface area contributed by atoms with E-state index in [-0.39, 0.29) is 5.91 Å². The fraction of sp³-hybridized carbons (Fsp3) is 0.353. The first-order valence-corrected chi connectivity index (χ1v) is 8.62. The van der Waals surface area contributed by atoms with Crippen molar-refractivity contribution in [2.75, 3.05) is 13.2 Å². The Balaban J connectivity index is 1.36. The van der Waals surface area contributed by atoms with Crippen LogP contribution in [0, 0.1) is 0 Å². The zero-order valence-corrected chi connectivity index (χ0v) is 14.4. The average Bonchev–Trinajstić information content (AvgIpc) is 3.23. The number of unbranched alkanes of at least 4 members (excludes halogenated alkanes) is 1. The van der Waals surface area contributed by atoms with E-state index in [2.05, 4.69) is 15.3 Å². The maximum Gasteiger partial charge on any atom is 0.246 e. The monoisotopic (exact) mass is 359 g/mol. The number of guanidine groups is 1. The average molecular weight is 360 g/mol. The summed E-state index contributed by atoms with van der Waals surface area (Å²) in [6.07, 6.45) is 7.48. The van der Waals surface area contributed by atoms with Gasteiger partial charge in [-0.25, -0.2) is 9.98 Å². The molecule has 0 aliphatic carbocycles. The Morgan fingerprint density at radius 2 is 2.20 bits per heavy atom. The van der Waals surface area contributed by atoms with Crippen LogP contribution in [0.2, 0.25) is 5.02 Å². The second-order valence-corrected chi connectivity index (χ2v) is 6.45. The van der Waals surface area contributed by atoms with Crippen LogP contribution in [0.1, 0.15) is 18.4 Å². The van der Waals surface area contributed by atoms with Crippen LogP contribution in [0.4, 0.5) is 5.69 Å². The van der Waals surface area contributed by atoms with E-state index in [1.54, 1.807) is 6.20 Å². The molecule has 0 bridgehead atoms. The standard InChI is InChI=1S/C17H18ClN5O2/c18-16-12-9-23-10-15(24)21-17(23)20-13(12)3-4-14(16)25-8-2-1-6-22-7-5-19-11-22/h3-5,7,11H,1-2,6,8-10H2,(H,20,21,24). The van der Waals surface area contributed by atoms with Gasteiger partial charge in [0.2, 0.25) is 11.9 Å². The van der Waals surface area contributed by atoms with Crippen molar-refractivity contribution in [3.8, 4) is 5.75 Å². The Hall–Kier alpha value is -2.54. The van der Waals surface area contributed by atoms with Crippen molar-refractivity contribution < 1.29 is 9.53 Å². The number of halogens is 1. The summed E-state index contributed by atoms with van der Waals surface area (Å²) in [5, 5.41) is 3.32. The SMILES string of the molecule is O=C1CN2Cc3c(ccc(OCCCCn4ccnc4)c3Cl)N=C2N1. The number of hydrogen-bond donors (Lipinski definition) is 1. The van der Waals surface area contributed by atoms with Gasteiger partial charge in [0.05, 0.1) is 30.2 Å². The first-order valence-electron chi connectivity index (χ1n) is 8.24. The second kappa shape index (κ2) is 6.76. The molecular formula is C17H18ClN5O2. The van der Waals surface area contributed by atoms with Crippen molar-refractivity contribution in [3.05, 3.63) is 41.4 Å². The molecule has 2 aromatic rings. The van der Waals surface area contributed by atoms with Gasteiger partial charge in [0.25, 0.3) is 0 Å². The van der Waals surface area contributed by atoms with Crippen LogP contribution in [0.5, 0.6) is 5.75 Å². The Kier molecular flexibility index (Phi) is 4.31. The van der Waals surface area contributed by atoms with E-state index in [1.807, 2.05) is 34.1 Å². The molecule has 0 spiro atoms. The number of rotatable bonds is 6. The van der Waals surface area contributed by atoms with Crippen molar-refractivity contribution >= 4 is 29.2 Å². The van der Waals surface area contributed by atoms with Gasteiger partial charge in [-0.3, -0.25) is 10.1 Å². The summed E-state index contributed by atoms with van der Waals surface area (Å²) in [5.74, 6) is 1.22. The molecule has 1 amide bonds. The van der Waals surface area contributed by atoms with E-state index in [0.29, 0.717) is 36.4 Å². The Bertz CT molecular complexity index is 819. The van der Waals surface area contributed by atoms with Gasteiger partial charge >= 0.3 is 0 Å². The summed E-state index contributed by atoms with van der Waals surface area (Å²) in [5.41, 5.74) is 1.68. The number of aromatic nitrogens is 2. The van der Waals surface area contributed by atoms with Crippen LogP contribution in [0.25, 0.3) is 0 Å². The van der Waals surface area contributed by atoms with Crippen molar-refractivity contribution in [3.63, 3.8) is 0 Å². The minimum absolute atomic E-state index is 0.0444. The van der Waals surface area contributed by atoms with Crippen molar-refractivity contribution in [2.45, 2.75) is 25.9 Å². The number of hydrogen-bond acceptors (Lipinski definition) is 5. The lowest BCUT2D eigenvalue weighted by molar-refractivity contribution is -0.118. The number of benzene rings is 1. The van der Waals surface area contributed by atoms with Gasteiger partial charge < -0.3 is 14.2 Å². The number of carbonyl (C=O) groups excluding carboxylic acids is 1. The van der Waals surface area contributed by atoms with Gasteiger partial charge in [0, 0.05) is 24.5 Å². The first kappa shape index (κ1) is 16.0. The fourth-order valence-corrected chi connectivity index (χ4v) is 3.25. The van der Waals surface area contributed by atoms with Gasteiger partial charge in [-0.1, -0.05) is 11.6 Å². The Morgan fingerprint density at radius 3 is 3.04 bits per heavy atom. The molecular weight excluding hydrogens is 342 g/mol. The number of fused-ring (bicyclic) bond motifs is 2. The summed E-state index contributed by atoms with van der Waals surface area (Å²) in [6, 6.07) is 3.73. The highest BCUT2D eigenvalue weighted by atomic mass is 35.5. The van der Waals surface area contributed by atoms with Crippen LogP contribution in [-0.4, -0.2) is 39.5 Å². The summed E-state index contributed by atoms with van der Waals surface area (Å²) < 4.78 is 7.90. The van der Waals surface area contributed by atoms with Crippen LogP contribution < -0.4 is 10.1 Å². The maximum atomic E-state index is 11.5. The van der Waals surface area contributed by atoms with Crippen LogP contribution in [0.3, 0.4) is 0 Å². The molecule has 25 heavy (non-hydrogen) atoms. The molecule has 1 fully saturated rings. The molecule has 0 unspecified atom stereocenters. The fourth-order valence-electron chi connectivity index (χ4n) is 2.98. The molecule has 8 heteroatoms. The van der Waals surface area contributed by atoms with Crippen molar-refractivity contribution in [1.29, 1.82) is 0 Å². The number of aryl methyl sites for hydroxylation is 1. The highest BCUT2D eigenvalue weighted by molar-refractivity contribution is 6.33. The van der Waals surface area contributed by atoms with Crippen LogP contribution in [0.15, 0.2) is 35.8 Å². The maximum absolute atomic E-state index is 11.5. The first-order chi connectivity index (χ1) is 12.2. The van der Waals surface area contributed by atoms with Gasteiger partial charge in [0.1, 0.15) is 12.3 Å². The number of aliphatic imine (C=N–C) groups is 1. The number of ether oxygens (including phenoxy) is 1. The normalized spacial score (nSPS) is 15.5. The van der Waals surface area contributed by atoms with Crippen molar-refractivity contribution in [2.24, 2.45) is 4.99 Å². The third-order valence-corrected chi connectivity index (χ3v) is 4.69. The molecule has 0 radical (unpaired) electrons. The van der Waals surface area contributed by atoms with E-state index in [4.69, 9.17) is 16.3 Å². The summed E-state index contributed by atoms with van der Waals surface area (Å²) in [6.45, 7) is 2.40. The third kappa shape index (κ3) is 3.32. The largest absolute Gasteiger partial charge is 0.492 e. The molecule has 3 heterocycles. The lowest BCUT2D eigenvalue weighted by Crippen LogP contribution is -2.32. The predicted octanol–water partition coefficient (Wildman–Crippen LogP) is 2.33. The van der Waals surface area contributed by atoms with E-state index >= 15 is 0 Å². The minimum Gasteiger partial charge on any atom is -0.492 e. The molecule has 4 rings (SSSR count). The highest BCUT2D eigenvalue weighted by Gasteiger charge is 2.30. The van der Waals surface area contributed by atoms with Gasteiger partial charge in [-0.2, -0.15) is 0 Å². The van der Waals surface area contributed by atoms with Gasteiger partial charge in [-0.15, -0.1) is 0 Å². The number of amides is 1. The zero-order valence-electron chi connectivity index (χ0n) is 13.6. The van der Waals surface area contributed by atoms with Crippen LogP contribution >= 0.6 is 11.6 Å². The Labute approximate surface area is 150 Å². The summed E-state index contributed by atoms with van der Waals surface area (Å²) in [4.78, 5) is 21.9. The van der Waals surface area contributed by atoms with Crippen molar-refractivity contribution in [1.82, 2.24) is 19.8 Å². The van der Waals surface area contributed by atoms with E-state index < -0.39 is 0 Å². The molecule has 7 nitrogen and oxygen atoms in total. The van der Waals surface area contributed by atoms with E-state index in [0.717, 1.165) is 30.6 Å². The highest BCUT2D eigenvalue weighted by Crippen LogP contribution is 2.38. The van der Waals surface area contributed by atoms with Crippen LogP contribution in [-0.2, 0) is 17.9 Å². The van der Waals surface area contributed by atoms with E-state index in [1.165, 1.54) is 0 Å². The number of imidazole rings is 1. The quantitative estimate of drug-likeness (QED) is 0.803. The predicted molar refractivity (Wildman–Crippen MR) is 94.1 cm³/mol. The molecule has 0 atom stereocenters. The molecule has 2 aliphatic heterocycles. The number of nitrogens with one attached hydrogen (secondary N) is 1. The number of carbonyl (C=O) groups is 1. The van der Waals surface area contributed by atoms with E-state index in [9.17, 15) is 4.79 Å². The van der Waals surface area contributed by atoms with Gasteiger partial charge in [-0.05, 0) is 25.0 Å². The third-order valence-electron chi connectivity index (χ3n) is 4.27. The topological polar surface area (TPSA) is 71.8 Å². The molecule has 130 valence electrons. The lowest BCUT2D eigenvalue weighted by Gasteiger charge is -2.24. The molecule has 1 saturated heterocycles. The second-order valence-electron chi connectivity index (χ2n) is 6.07. The molecule has 1 N–H and O–H groups in total. The summed E-state index contributed by atoms with van der Waals surface area (Å²) >= 11 is 6.51. The lowest BCUT2D eigenvalue weighted by atomic mass is 10.1. The molecule has 0 saturated carbocycles. The zero-order chi connectivity index (χ0) is 17.2. The molecule has 1 aromatic carbocycles. The molecule has 1 aromatic heterocycles. The summed E-state index contributed by atoms with van der Waals surface area (Å²) in [7, 11) is 0. The smallest absolute Gasteiger partial charge is 0.246 e. The Morgan fingerprint density at radius 1 is 1.28 bits per heavy atom. The minimum atomic E-state index is -0.0444.